The lowest BCUT2D eigenvalue weighted by atomic mass is 9.96. The zero-order valence-electron chi connectivity index (χ0n) is 8.65. The van der Waals surface area contributed by atoms with Crippen molar-refractivity contribution in [1.29, 1.82) is 0 Å². The van der Waals surface area contributed by atoms with E-state index >= 15 is 0 Å². The van der Waals surface area contributed by atoms with Crippen LogP contribution in [0, 0.1) is 0 Å². The largest absolute Gasteiger partial charge is 0.480 e. The molecule has 2 rings (SSSR count). The normalized spacial score (nSPS) is 35.2. The van der Waals surface area contributed by atoms with Gasteiger partial charge < -0.3 is 10.0 Å². The van der Waals surface area contributed by atoms with Gasteiger partial charge in [0.25, 0.3) is 0 Å². The molecule has 0 aliphatic carbocycles. The van der Waals surface area contributed by atoms with Gasteiger partial charge >= 0.3 is 5.97 Å². The highest BCUT2D eigenvalue weighted by atomic mass is 16.4. The van der Waals surface area contributed by atoms with E-state index in [1.54, 1.807) is 0 Å². The van der Waals surface area contributed by atoms with Crippen molar-refractivity contribution in [2.45, 2.75) is 31.3 Å². The molecule has 0 aromatic carbocycles. The smallest absolute Gasteiger partial charge is 0.322 e. The third-order valence-electron chi connectivity index (χ3n) is 3.37. The van der Waals surface area contributed by atoms with Gasteiger partial charge in [-0.3, -0.25) is 9.69 Å². The van der Waals surface area contributed by atoms with Gasteiger partial charge in [0.2, 0.25) is 0 Å². The minimum Gasteiger partial charge on any atom is -0.480 e. The number of carboxylic acid groups (broad SMARTS) is 1. The van der Waals surface area contributed by atoms with Crippen LogP contribution in [0.3, 0.4) is 0 Å². The van der Waals surface area contributed by atoms with Crippen LogP contribution in [0.15, 0.2) is 0 Å². The number of carboxylic acids is 1. The molecule has 2 unspecified atom stereocenters. The van der Waals surface area contributed by atoms with Gasteiger partial charge in [-0.05, 0) is 26.4 Å². The van der Waals surface area contributed by atoms with Crippen LogP contribution in [-0.4, -0.2) is 59.6 Å². The van der Waals surface area contributed by atoms with Gasteiger partial charge in [0, 0.05) is 19.1 Å². The highest BCUT2D eigenvalue weighted by Gasteiger charge is 2.38. The second-order valence-corrected chi connectivity index (χ2v) is 4.46. The summed E-state index contributed by atoms with van der Waals surface area (Å²) in [5, 5.41) is 9.13. The van der Waals surface area contributed by atoms with Crippen molar-refractivity contribution in [1.82, 2.24) is 9.80 Å². The van der Waals surface area contributed by atoms with Crippen molar-refractivity contribution in [2.75, 3.05) is 26.7 Å². The number of nitrogens with zero attached hydrogens (tertiary/aromatic N) is 2. The highest BCUT2D eigenvalue weighted by Crippen LogP contribution is 2.24. The summed E-state index contributed by atoms with van der Waals surface area (Å²) in [7, 11) is 2.02. The molecule has 2 saturated heterocycles. The van der Waals surface area contributed by atoms with Crippen LogP contribution < -0.4 is 0 Å². The molecule has 1 N–H and O–H groups in total. The maximum atomic E-state index is 11.1. The Morgan fingerprint density at radius 1 is 1.36 bits per heavy atom. The third kappa shape index (κ3) is 1.77. The summed E-state index contributed by atoms with van der Waals surface area (Å²) < 4.78 is 0. The van der Waals surface area contributed by atoms with Crippen LogP contribution in [-0.2, 0) is 4.79 Å². The van der Waals surface area contributed by atoms with Crippen LogP contribution in [0.1, 0.15) is 19.3 Å². The first-order chi connectivity index (χ1) is 6.68. The number of aliphatic carboxylic acids is 1. The van der Waals surface area contributed by atoms with Crippen molar-refractivity contribution in [3.05, 3.63) is 0 Å². The molecule has 0 radical (unpaired) electrons. The first kappa shape index (κ1) is 9.93. The van der Waals surface area contributed by atoms with Crippen molar-refractivity contribution in [2.24, 2.45) is 0 Å². The lowest BCUT2D eigenvalue weighted by Gasteiger charge is -2.46. The van der Waals surface area contributed by atoms with Crippen LogP contribution in [0.5, 0.6) is 0 Å². The Morgan fingerprint density at radius 3 is 2.86 bits per heavy atom. The van der Waals surface area contributed by atoms with Gasteiger partial charge in [-0.1, -0.05) is 6.42 Å². The number of likely N-dealkylation sites (N-methyl/N-ethyl adjacent to an activating group) is 1. The van der Waals surface area contributed by atoms with E-state index in [1.807, 2.05) is 7.05 Å². The molecule has 2 heterocycles. The second kappa shape index (κ2) is 3.87. The minimum atomic E-state index is -0.663. The quantitative estimate of drug-likeness (QED) is 0.655. The number of piperidine rings is 1. The topological polar surface area (TPSA) is 43.8 Å². The molecule has 2 aliphatic heterocycles. The van der Waals surface area contributed by atoms with Gasteiger partial charge in [-0.25, -0.2) is 0 Å². The fraction of sp³-hybridized carbons (Fsp3) is 0.900. The fourth-order valence-corrected chi connectivity index (χ4v) is 2.68. The van der Waals surface area contributed by atoms with Gasteiger partial charge in [0.05, 0.1) is 0 Å². The Bertz CT molecular complexity index is 232. The van der Waals surface area contributed by atoms with Gasteiger partial charge in [-0.15, -0.1) is 0 Å². The highest BCUT2D eigenvalue weighted by molar-refractivity contribution is 5.74. The maximum absolute atomic E-state index is 11.1. The van der Waals surface area contributed by atoms with Crippen molar-refractivity contribution < 1.29 is 9.90 Å². The summed E-state index contributed by atoms with van der Waals surface area (Å²) in [6.45, 7) is 2.67. The van der Waals surface area contributed by atoms with Gasteiger partial charge in [0.15, 0.2) is 0 Å². The van der Waals surface area contributed by atoms with E-state index in [0.29, 0.717) is 12.6 Å². The second-order valence-electron chi connectivity index (χ2n) is 4.46. The average Bonchev–Trinajstić information content (AvgIpc) is 2.16. The molecule has 2 atom stereocenters. The molecule has 2 aliphatic rings. The number of carbonyl (C=O) groups is 1. The van der Waals surface area contributed by atoms with Crippen molar-refractivity contribution >= 4 is 5.97 Å². The molecule has 0 aromatic rings. The predicted molar refractivity (Wildman–Crippen MR) is 53.3 cm³/mol. The van der Waals surface area contributed by atoms with Crippen LogP contribution >= 0.6 is 0 Å². The molecule has 80 valence electrons. The summed E-state index contributed by atoms with van der Waals surface area (Å²) in [5.41, 5.74) is 0. The Balaban J connectivity index is 2.10. The molecule has 4 heteroatoms. The molecular formula is C10H18N2O2. The first-order valence-corrected chi connectivity index (χ1v) is 5.35. The van der Waals surface area contributed by atoms with E-state index in [2.05, 4.69) is 9.80 Å². The minimum absolute atomic E-state index is 0.279. The predicted octanol–water partition coefficient (Wildman–Crippen LogP) is 0.239. The SMILES string of the molecule is CN1CC2CCCCN2C(C(=O)O)C1. The summed E-state index contributed by atoms with van der Waals surface area (Å²) in [4.78, 5) is 15.4. The standard InChI is InChI=1S/C10H18N2O2/c1-11-6-8-4-2-3-5-12(8)9(7-11)10(13)14/h8-9H,2-7H2,1H3,(H,13,14). The molecule has 14 heavy (non-hydrogen) atoms. The van der Waals surface area contributed by atoms with E-state index < -0.39 is 5.97 Å². The molecule has 0 bridgehead atoms. The lowest BCUT2D eigenvalue weighted by molar-refractivity contribution is -0.148. The number of piperazine rings is 1. The third-order valence-corrected chi connectivity index (χ3v) is 3.37. The molecule has 0 amide bonds. The number of hydrogen-bond acceptors (Lipinski definition) is 3. The molecule has 0 aromatic heterocycles. The van der Waals surface area contributed by atoms with Crippen LogP contribution in [0.25, 0.3) is 0 Å². The molecule has 4 nitrogen and oxygen atoms in total. The Hall–Kier alpha value is -0.610. The monoisotopic (exact) mass is 198 g/mol. The first-order valence-electron chi connectivity index (χ1n) is 5.35. The zero-order valence-corrected chi connectivity index (χ0v) is 8.65. The van der Waals surface area contributed by atoms with Crippen LogP contribution in [0.4, 0.5) is 0 Å². The van der Waals surface area contributed by atoms with Gasteiger partial charge in [0.1, 0.15) is 6.04 Å². The van der Waals surface area contributed by atoms with E-state index in [1.165, 1.54) is 6.42 Å². The Morgan fingerprint density at radius 2 is 2.14 bits per heavy atom. The van der Waals surface area contributed by atoms with Crippen molar-refractivity contribution in [3.8, 4) is 0 Å². The molecule has 0 spiro atoms. The summed E-state index contributed by atoms with van der Waals surface area (Å²) >= 11 is 0. The Kier molecular flexibility index (Phi) is 2.74. The molecular weight excluding hydrogens is 180 g/mol. The number of rotatable bonds is 1. The summed E-state index contributed by atoms with van der Waals surface area (Å²) in [6, 6.07) is 0.197. The van der Waals surface area contributed by atoms with E-state index in [9.17, 15) is 4.79 Å². The fourth-order valence-electron chi connectivity index (χ4n) is 2.68. The van der Waals surface area contributed by atoms with E-state index in [-0.39, 0.29) is 6.04 Å². The van der Waals surface area contributed by atoms with Crippen LogP contribution in [0.2, 0.25) is 0 Å². The summed E-state index contributed by atoms with van der Waals surface area (Å²) in [5.74, 6) is -0.663. The van der Waals surface area contributed by atoms with E-state index in [4.69, 9.17) is 5.11 Å². The number of fused-ring (bicyclic) bond motifs is 1. The Labute approximate surface area is 84.5 Å². The number of hydrogen-bond donors (Lipinski definition) is 1. The van der Waals surface area contributed by atoms with Crippen molar-refractivity contribution in [3.63, 3.8) is 0 Å². The van der Waals surface area contributed by atoms with E-state index in [0.717, 1.165) is 25.9 Å². The maximum Gasteiger partial charge on any atom is 0.322 e. The zero-order chi connectivity index (χ0) is 10.1. The summed E-state index contributed by atoms with van der Waals surface area (Å²) in [6.07, 6.45) is 3.57. The molecule has 0 saturated carbocycles. The molecule has 2 fully saturated rings. The van der Waals surface area contributed by atoms with Gasteiger partial charge in [-0.2, -0.15) is 0 Å². The lowest BCUT2D eigenvalue weighted by Crippen LogP contribution is -2.61. The average molecular weight is 198 g/mol.